The molecule has 0 aliphatic heterocycles. The molecule has 8 nitrogen and oxygen atoms in total. The lowest BCUT2D eigenvalue weighted by atomic mass is 10.3. The molecule has 1 rings (SSSR count). The second kappa shape index (κ2) is 8.02. The highest BCUT2D eigenvalue weighted by Gasteiger charge is 2.05. The molecule has 1 aromatic carbocycles. The molecule has 0 saturated carbocycles. The first kappa shape index (κ1) is 14.8. The minimum Gasteiger partial charge on any atom is -0.410 e. The van der Waals surface area contributed by atoms with E-state index in [0.29, 0.717) is 0 Å². The fraction of sp³-hybridized carbons (Fsp3) is 0.222. The van der Waals surface area contributed by atoms with Crippen molar-refractivity contribution in [3.63, 3.8) is 0 Å². The largest absolute Gasteiger partial charge is 0.410 e. The summed E-state index contributed by atoms with van der Waals surface area (Å²) in [5.74, 6) is 0.179. The third-order valence-corrected chi connectivity index (χ3v) is 1.37. The van der Waals surface area contributed by atoms with Gasteiger partial charge in [-0.3, -0.25) is 10.1 Å². The molecule has 0 aromatic heterocycles. The van der Waals surface area contributed by atoms with Crippen molar-refractivity contribution in [2.45, 2.75) is 0 Å². The van der Waals surface area contributed by atoms with Gasteiger partial charge in [0.2, 0.25) is 0 Å². The van der Waals surface area contributed by atoms with Gasteiger partial charge in [-0.15, -0.1) is 0 Å². The lowest BCUT2D eigenvalue weighted by molar-refractivity contribution is -0.384. The standard InChI is InChI=1S/C7H6N2O4.C2H6O2/c8-7(10)13-6-3-1-5(2-4-6)9(11)12;3-1-2-4/h1-4H,(H2,8,10);3-4H,1-2H2. The van der Waals surface area contributed by atoms with E-state index in [9.17, 15) is 14.9 Å². The second-order valence-corrected chi connectivity index (χ2v) is 2.62. The number of nitro groups is 1. The van der Waals surface area contributed by atoms with Crippen LogP contribution in [0.1, 0.15) is 0 Å². The number of hydrogen-bond donors (Lipinski definition) is 3. The van der Waals surface area contributed by atoms with Crippen molar-refractivity contribution < 1.29 is 24.7 Å². The molecule has 1 amide bonds. The Kier molecular flexibility index (Phi) is 6.99. The van der Waals surface area contributed by atoms with Crippen LogP contribution in [0.5, 0.6) is 5.75 Å². The summed E-state index contributed by atoms with van der Waals surface area (Å²) in [4.78, 5) is 19.9. The number of benzene rings is 1. The van der Waals surface area contributed by atoms with E-state index in [0.717, 1.165) is 0 Å². The van der Waals surface area contributed by atoms with Gasteiger partial charge in [0.15, 0.2) is 0 Å². The van der Waals surface area contributed by atoms with E-state index in [1.165, 1.54) is 24.3 Å². The lowest BCUT2D eigenvalue weighted by Crippen LogP contribution is -2.16. The van der Waals surface area contributed by atoms with Crippen molar-refractivity contribution >= 4 is 11.8 Å². The number of hydrogen-bond acceptors (Lipinski definition) is 6. The zero-order valence-corrected chi connectivity index (χ0v) is 8.78. The van der Waals surface area contributed by atoms with Gasteiger partial charge in [0, 0.05) is 12.1 Å². The number of primary amides is 1. The average Bonchev–Trinajstić information content (AvgIpc) is 2.29. The Balaban J connectivity index is 0.000000557. The Morgan fingerprint density at radius 3 is 2.06 bits per heavy atom. The predicted molar refractivity (Wildman–Crippen MR) is 57.5 cm³/mol. The molecule has 8 heteroatoms. The first-order valence-corrected chi connectivity index (χ1v) is 4.44. The quantitative estimate of drug-likeness (QED) is 0.506. The van der Waals surface area contributed by atoms with Gasteiger partial charge in [0.05, 0.1) is 18.1 Å². The Morgan fingerprint density at radius 2 is 1.76 bits per heavy atom. The number of aliphatic hydroxyl groups excluding tert-OH is 2. The lowest BCUT2D eigenvalue weighted by Gasteiger charge is -1.98. The van der Waals surface area contributed by atoms with E-state index in [2.05, 4.69) is 4.74 Å². The molecular formula is C9H12N2O6. The van der Waals surface area contributed by atoms with Crippen LogP contribution in [0.25, 0.3) is 0 Å². The molecule has 0 aliphatic carbocycles. The molecule has 1 aromatic rings. The van der Waals surface area contributed by atoms with Gasteiger partial charge in [0.25, 0.3) is 5.69 Å². The summed E-state index contributed by atoms with van der Waals surface area (Å²) < 4.78 is 4.47. The molecular weight excluding hydrogens is 232 g/mol. The van der Waals surface area contributed by atoms with E-state index in [4.69, 9.17) is 15.9 Å². The van der Waals surface area contributed by atoms with Gasteiger partial charge < -0.3 is 20.7 Å². The van der Waals surface area contributed by atoms with Crippen LogP contribution < -0.4 is 10.5 Å². The number of non-ortho nitro benzene ring substituents is 1. The van der Waals surface area contributed by atoms with Gasteiger partial charge in [-0.2, -0.15) is 0 Å². The molecule has 0 radical (unpaired) electrons. The molecule has 17 heavy (non-hydrogen) atoms. The van der Waals surface area contributed by atoms with Crippen LogP contribution in [0.2, 0.25) is 0 Å². The Bertz CT molecular complexity index is 362. The maximum atomic E-state index is 10.3. The summed E-state index contributed by atoms with van der Waals surface area (Å²) in [6.45, 7) is -0.250. The molecule has 0 bridgehead atoms. The molecule has 0 aliphatic rings. The van der Waals surface area contributed by atoms with Crippen LogP contribution in [-0.4, -0.2) is 34.4 Å². The van der Waals surface area contributed by atoms with E-state index in [1.807, 2.05) is 0 Å². The normalized spacial score (nSPS) is 8.82. The summed E-state index contributed by atoms with van der Waals surface area (Å²) in [7, 11) is 0. The number of carbonyl (C=O) groups is 1. The number of nitro benzene ring substituents is 1. The topological polar surface area (TPSA) is 136 Å². The predicted octanol–water partition coefficient (Wildman–Crippen LogP) is 0.0233. The van der Waals surface area contributed by atoms with Crippen molar-refractivity contribution in [2.75, 3.05) is 13.2 Å². The molecule has 4 N–H and O–H groups in total. The van der Waals surface area contributed by atoms with E-state index in [1.54, 1.807) is 0 Å². The van der Waals surface area contributed by atoms with E-state index >= 15 is 0 Å². The average molecular weight is 244 g/mol. The van der Waals surface area contributed by atoms with Gasteiger partial charge in [-0.05, 0) is 12.1 Å². The van der Waals surface area contributed by atoms with Crippen LogP contribution in [0.15, 0.2) is 24.3 Å². The van der Waals surface area contributed by atoms with Crippen molar-refractivity contribution in [3.8, 4) is 5.75 Å². The van der Waals surface area contributed by atoms with E-state index < -0.39 is 11.0 Å². The van der Waals surface area contributed by atoms with Gasteiger partial charge >= 0.3 is 6.09 Å². The van der Waals surface area contributed by atoms with Crippen LogP contribution in [0.4, 0.5) is 10.5 Å². The number of amides is 1. The number of carbonyl (C=O) groups excluding carboxylic acids is 1. The fourth-order valence-corrected chi connectivity index (χ4v) is 0.752. The van der Waals surface area contributed by atoms with Crippen LogP contribution in [0, 0.1) is 10.1 Å². The first-order chi connectivity index (χ1) is 8.01. The minimum absolute atomic E-state index is 0.0724. The Hall–Kier alpha value is -2.19. The molecule has 0 unspecified atom stereocenters. The monoisotopic (exact) mass is 244 g/mol. The maximum Gasteiger partial charge on any atom is 0.409 e. The van der Waals surface area contributed by atoms with Crippen LogP contribution in [-0.2, 0) is 0 Å². The third-order valence-electron chi connectivity index (χ3n) is 1.37. The fourth-order valence-electron chi connectivity index (χ4n) is 0.752. The molecule has 0 fully saturated rings. The molecule has 0 heterocycles. The van der Waals surface area contributed by atoms with Gasteiger partial charge in [0.1, 0.15) is 5.75 Å². The van der Waals surface area contributed by atoms with Crippen molar-refractivity contribution in [1.29, 1.82) is 0 Å². The van der Waals surface area contributed by atoms with Crippen LogP contribution >= 0.6 is 0 Å². The minimum atomic E-state index is -0.950. The second-order valence-electron chi connectivity index (χ2n) is 2.62. The molecule has 0 spiro atoms. The summed E-state index contributed by atoms with van der Waals surface area (Å²) in [5, 5.41) is 25.5. The molecule has 94 valence electrons. The summed E-state index contributed by atoms with van der Waals surface area (Å²) in [6.07, 6.45) is -0.950. The zero-order valence-electron chi connectivity index (χ0n) is 8.78. The highest BCUT2D eigenvalue weighted by atomic mass is 16.6. The number of rotatable bonds is 3. The summed E-state index contributed by atoms with van der Waals surface area (Å²) >= 11 is 0. The van der Waals surface area contributed by atoms with Gasteiger partial charge in [-0.25, -0.2) is 4.79 Å². The van der Waals surface area contributed by atoms with Crippen molar-refractivity contribution in [3.05, 3.63) is 34.4 Å². The summed E-state index contributed by atoms with van der Waals surface area (Å²) in [6, 6.07) is 5.03. The van der Waals surface area contributed by atoms with E-state index in [-0.39, 0.29) is 24.7 Å². The highest BCUT2D eigenvalue weighted by Crippen LogP contribution is 2.16. The van der Waals surface area contributed by atoms with Crippen molar-refractivity contribution in [1.82, 2.24) is 0 Å². The molecule has 0 atom stereocenters. The Labute approximate surface area is 96.4 Å². The smallest absolute Gasteiger partial charge is 0.409 e. The maximum absolute atomic E-state index is 10.3. The summed E-state index contributed by atoms with van der Waals surface area (Å²) in [5.41, 5.74) is 4.65. The first-order valence-electron chi connectivity index (χ1n) is 4.44. The number of nitrogens with two attached hydrogens (primary N) is 1. The Morgan fingerprint density at radius 1 is 1.29 bits per heavy atom. The number of ether oxygens (including phenoxy) is 1. The molecule has 0 saturated heterocycles. The van der Waals surface area contributed by atoms with Gasteiger partial charge in [-0.1, -0.05) is 0 Å². The highest BCUT2D eigenvalue weighted by molar-refractivity contribution is 5.68. The number of nitrogens with zero attached hydrogens (tertiary/aromatic N) is 1. The SMILES string of the molecule is NC(=O)Oc1ccc([N+](=O)[O-])cc1.OCCO. The van der Waals surface area contributed by atoms with Crippen LogP contribution in [0.3, 0.4) is 0 Å². The zero-order chi connectivity index (χ0) is 13.3. The van der Waals surface area contributed by atoms with Crippen molar-refractivity contribution in [2.24, 2.45) is 5.73 Å². The number of aliphatic hydroxyl groups is 2. The third kappa shape index (κ3) is 6.82.